The summed E-state index contributed by atoms with van der Waals surface area (Å²) in [5.41, 5.74) is 1.83. The van der Waals surface area contributed by atoms with E-state index in [1.165, 1.54) is 12.1 Å². The molecule has 0 saturated heterocycles. The number of halogens is 2. The molecular weight excluding hydrogens is 316 g/mol. The molecule has 0 radical (unpaired) electrons. The molecule has 6 heteroatoms. The van der Waals surface area contributed by atoms with Crippen molar-refractivity contribution in [3.63, 3.8) is 0 Å². The predicted molar refractivity (Wildman–Crippen MR) is 84.1 cm³/mol. The highest BCUT2D eigenvalue weighted by atomic mass is 19.3. The van der Waals surface area contributed by atoms with Gasteiger partial charge in [0.1, 0.15) is 18.1 Å². The van der Waals surface area contributed by atoms with E-state index in [9.17, 15) is 13.6 Å². The summed E-state index contributed by atoms with van der Waals surface area (Å²) in [6, 6.07) is 13.9. The van der Waals surface area contributed by atoms with Crippen LogP contribution in [-0.4, -0.2) is 19.1 Å². The molecule has 0 aromatic heterocycles. The minimum absolute atomic E-state index is 0.0857. The second kappa shape index (κ2) is 7.29. The fourth-order valence-electron chi connectivity index (χ4n) is 2.62. The van der Waals surface area contributed by atoms with Crippen molar-refractivity contribution in [1.29, 1.82) is 0 Å². The van der Waals surface area contributed by atoms with Crippen molar-refractivity contribution < 1.29 is 23.0 Å². The normalized spacial score (nSPS) is 16.2. The van der Waals surface area contributed by atoms with Crippen LogP contribution < -0.4 is 14.8 Å². The van der Waals surface area contributed by atoms with E-state index in [4.69, 9.17) is 4.74 Å². The predicted octanol–water partition coefficient (Wildman–Crippen LogP) is 3.16. The number of fused-ring (bicyclic) bond motifs is 1. The molecule has 0 spiro atoms. The lowest BCUT2D eigenvalue weighted by molar-refractivity contribution is -0.126. The molecule has 1 amide bonds. The van der Waals surface area contributed by atoms with Crippen LogP contribution in [0.2, 0.25) is 0 Å². The first-order valence-corrected chi connectivity index (χ1v) is 7.64. The number of carbonyl (C=O) groups excluding carboxylic acids is 1. The number of amides is 1. The van der Waals surface area contributed by atoms with Crippen LogP contribution in [0.25, 0.3) is 0 Å². The Morgan fingerprint density at radius 2 is 1.96 bits per heavy atom. The van der Waals surface area contributed by atoms with Gasteiger partial charge in [-0.2, -0.15) is 8.78 Å². The van der Waals surface area contributed by atoms with Crippen LogP contribution in [0, 0.1) is 5.92 Å². The Kier molecular flexibility index (Phi) is 4.93. The monoisotopic (exact) mass is 333 g/mol. The van der Waals surface area contributed by atoms with Gasteiger partial charge in [-0.05, 0) is 35.7 Å². The lowest BCUT2D eigenvalue weighted by atomic mass is 9.96. The van der Waals surface area contributed by atoms with Crippen LogP contribution in [0.5, 0.6) is 11.5 Å². The molecule has 1 unspecified atom stereocenters. The quantitative estimate of drug-likeness (QED) is 0.914. The van der Waals surface area contributed by atoms with E-state index in [0.29, 0.717) is 19.6 Å². The summed E-state index contributed by atoms with van der Waals surface area (Å²) in [5.74, 6) is 0.604. The summed E-state index contributed by atoms with van der Waals surface area (Å²) < 4.78 is 34.1. The summed E-state index contributed by atoms with van der Waals surface area (Å²) in [7, 11) is 0. The van der Waals surface area contributed by atoms with Crippen LogP contribution in [0.4, 0.5) is 8.78 Å². The molecule has 3 rings (SSSR count). The number of hydrogen-bond donors (Lipinski definition) is 1. The maximum atomic E-state index is 12.3. The van der Waals surface area contributed by atoms with Crippen molar-refractivity contribution in [3.8, 4) is 11.5 Å². The summed E-state index contributed by atoms with van der Waals surface area (Å²) in [5, 5.41) is 2.85. The van der Waals surface area contributed by atoms with Gasteiger partial charge < -0.3 is 14.8 Å². The fraction of sp³-hybridized carbons (Fsp3) is 0.278. The zero-order valence-electron chi connectivity index (χ0n) is 12.9. The Bertz CT molecular complexity index is 704. The van der Waals surface area contributed by atoms with Crippen LogP contribution in [0.15, 0.2) is 48.5 Å². The highest BCUT2D eigenvalue weighted by molar-refractivity contribution is 5.79. The number of benzene rings is 2. The average Bonchev–Trinajstić information content (AvgIpc) is 2.60. The summed E-state index contributed by atoms with van der Waals surface area (Å²) in [4.78, 5) is 12.3. The van der Waals surface area contributed by atoms with Gasteiger partial charge in [-0.1, -0.05) is 30.3 Å². The molecule has 1 aliphatic rings. The maximum Gasteiger partial charge on any atom is 0.387 e. The van der Waals surface area contributed by atoms with Crippen molar-refractivity contribution in [1.82, 2.24) is 5.32 Å². The van der Waals surface area contributed by atoms with Crippen molar-refractivity contribution in [2.45, 2.75) is 19.6 Å². The second-order valence-corrected chi connectivity index (χ2v) is 5.56. The molecule has 1 atom stereocenters. The standard InChI is InChI=1S/C18H17F2NO3/c19-18(20)24-15-7-5-12(6-8-15)10-21-17(22)14-9-13-3-1-2-4-16(13)23-11-14/h1-8,14,18H,9-11H2,(H,21,22). The lowest BCUT2D eigenvalue weighted by Gasteiger charge is -2.24. The summed E-state index contributed by atoms with van der Waals surface area (Å²) in [6.07, 6.45) is 0.642. The third-order valence-corrected chi connectivity index (χ3v) is 3.86. The van der Waals surface area contributed by atoms with E-state index in [2.05, 4.69) is 10.1 Å². The van der Waals surface area contributed by atoms with Crippen LogP contribution in [0.1, 0.15) is 11.1 Å². The SMILES string of the molecule is O=C(NCc1ccc(OC(F)F)cc1)C1COc2ccccc2C1. The Morgan fingerprint density at radius 1 is 1.21 bits per heavy atom. The molecule has 0 saturated carbocycles. The van der Waals surface area contributed by atoms with Gasteiger partial charge in [0, 0.05) is 6.54 Å². The van der Waals surface area contributed by atoms with Gasteiger partial charge in [0.2, 0.25) is 5.91 Å². The van der Waals surface area contributed by atoms with Gasteiger partial charge in [0.25, 0.3) is 0 Å². The zero-order valence-corrected chi connectivity index (χ0v) is 12.9. The smallest absolute Gasteiger partial charge is 0.387 e. The Morgan fingerprint density at radius 3 is 2.71 bits per heavy atom. The highest BCUT2D eigenvalue weighted by Gasteiger charge is 2.25. The van der Waals surface area contributed by atoms with Gasteiger partial charge >= 0.3 is 6.61 Å². The molecule has 24 heavy (non-hydrogen) atoms. The molecule has 1 aliphatic heterocycles. The first-order chi connectivity index (χ1) is 11.6. The Labute approximate surface area is 138 Å². The van der Waals surface area contributed by atoms with Gasteiger partial charge in [-0.15, -0.1) is 0 Å². The Balaban J connectivity index is 1.53. The zero-order chi connectivity index (χ0) is 16.9. The van der Waals surface area contributed by atoms with Crippen molar-refractivity contribution >= 4 is 5.91 Å². The number of carbonyl (C=O) groups is 1. The molecule has 1 heterocycles. The summed E-state index contributed by atoms with van der Waals surface area (Å²) in [6.45, 7) is -2.17. The van der Waals surface area contributed by atoms with Crippen LogP contribution >= 0.6 is 0 Å². The lowest BCUT2D eigenvalue weighted by Crippen LogP contribution is -2.37. The maximum absolute atomic E-state index is 12.3. The third kappa shape index (κ3) is 4.01. The number of para-hydroxylation sites is 1. The third-order valence-electron chi connectivity index (χ3n) is 3.86. The van der Waals surface area contributed by atoms with Gasteiger partial charge in [-0.3, -0.25) is 4.79 Å². The minimum atomic E-state index is -2.84. The topological polar surface area (TPSA) is 47.6 Å². The molecular formula is C18H17F2NO3. The van der Waals surface area contributed by atoms with E-state index in [1.807, 2.05) is 24.3 Å². The fourth-order valence-corrected chi connectivity index (χ4v) is 2.62. The first kappa shape index (κ1) is 16.2. The molecule has 1 N–H and O–H groups in total. The first-order valence-electron chi connectivity index (χ1n) is 7.64. The second-order valence-electron chi connectivity index (χ2n) is 5.56. The van der Waals surface area contributed by atoms with E-state index < -0.39 is 6.61 Å². The molecule has 0 fully saturated rings. The van der Waals surface area contributed by atoms with Crippen LogP contribution in [-0.2, 0) is 17.8 Å². The van der Waals surface area contributed by atoms with Crippen molar-refractivity contribution in [2.75, 3.05) is 6.61 Å². The number of nitrogens with one attached hydrogen (secondary N) is 1. The minimum Gasteiger partial charge on any atom is -0.492 e. The van der Waals surface area contributed by atoms with Gasteiger partial charge in [0.15, 0.2) is 0 Å². The molecule has 0 bridgehead atoms. The van der Waals surface area contributed by atoms with Crippen molar-refractivity contribution in [2.24, 2.45) is 5.92 Å². The largest absolute Gasteiger partial charge is 0.492 e. The summed E-state index contributed by atoms with van der Waals surface area (Å²) >= 11 is 0. The molecule has 126 valence electrons. The number of rotatable bonds is 5. The average molecular weight is 333 g/mol. The van der Waals surface area contributed by atoms with E-state index in [1.54, 1.807) is 12.1 Å². The number of ether oxygens (including phenoxy) is 2. The molecule has 2 aromatic carbocycles. The molecule has 2 aromatic rings. The van der Waals surface area contributed by atoms with E-state index >= 15 is 0 Å². The molecule has 4 nitrogen and oxygen atoms in total. The van der Waals surface area contributed by atoms with Crippen LogP contribution in [0.3, 0.4) is 0 Å². The Hall–Kier alpha value is -2.63. The van der Waals surface area contributed by atoms with E-state index in [0.717, 1.165) is 16.9 Å². The van der Waals surface area contributed by atoms with E-state index in [-0.39, 0.29) is 17.6 Å². The number of alkyl halides is 2. The van der Waals surface area contributed by atoms with Gasteiger partial charge in [-0.25, -0.2) is 0 Å². The molecule has 0 aliphatic carbocycles. The van der Waals surface area contributed by atoms with Gasteiger partial charge in [0.05, 0.1) is 5.92 Å². The highest BCUT2D eigenvalue weighted by Crippen LogP contribution is 2.26. The number of hydrogen-bond acceptors (Lipinski definition) is 3. The van der Waals surface area contributed by atoms with Crippen molar-refractivity contribution in [3.05, 3.63) is 59.7 Å².